The van der Waals surface area contributed by atoms with Gasteiger partial charge in [-0.2, -0.15) is 0 Å². The number of hydrogen-bond acceptors (Lipinski definition) is 4. The van der Waals surface area contributed by atoms with Crippen LogP contribution < -0.4 is 10.6 Å². The number of nitrogens with zero attached hydrogens (tertiary/aromatic N) is 2. The van der Waals surface area contributed by atoms with E-state index in [1.54, 1.807) is 17.0 Å². The molecule has 7 nitrogen and oxygen atoms in total. The first kappa shape index (κ1) is 19.9. The molecule has 2 rings (SSSR count). The number of ether oxygens (including phenoxy) is 1. The maximum atomic E-state index is 11.8. The predicted molar refractivity (Wildman–Crippen MR) is 103 cm³/mol. The Morgan fingerprint density at radius 3 is 2.77 bits per heavy atom. The van der Waals surface area contributed by atoms with Crippen LogP contribution in [-0.2, 0) is 11.2 Å². The third-order valence-electron chi connectivity index (χ3n) is 4.29. The quantitative estimate of drug-likeness (QED) is 0.533. The second-order valence-corrected chi connectivity index (χ2v) is 6.29. The zero-order chi connectivity index (χ0) is 18.8. The summed E-state index contributed by atoms with van der Waals surface area (Å²) in [5, 5.41) is 16.2. The van der Waals surface area contributed by atoms with E-state index in [0.29, 0.717) is 32.3 Å². The zero-order valence-corrected chi connectivity index (χ0v) is 15.7. The largest absolute Gasteiger partial charge is 0.508 e. The lowest BCUT2D eigenvalue weighted by Crippen LogP contribution is -2.50. The Labute approximate surface area is 155 Å². The Hall–Kier alpha value is -2.44. The molecule has 1 aliphatic rings. The highest BCUT2D eigenvalue weighted by Gasteiger charge is 2.23. The molecule has 1 fully saturated rings. The number of aromatic hydroxyl groups is 1. The summed E-state index contributed by atoms with van der Waals surface area (Å²) in [5.74, 6) is 1.08. The molecule has 1 heterocycles. The topological polar surface area (TPSA) is 86.2 Å². The molecule has 7 heteroatoms. The van der Waals surface area contributed by atoms with Crippen molar-refractivity contribution in [3.63, 3.8) is 0 Å². The number of nitrogens with one attached hydrogen (secondary N) is 2. The van der Waals surface area contributed by atoms with Crippen molar-refractivity contribution in [2.24, 2.45) is 4.99 Å². The number of guanidine groups is 1. The van der Waals surface area contributed by atoms with Crippen molar-refractivity contribution in [2.45, 2.75) is 39.2 Å². The average molecular weight is 362 g/mol. The summed E-state index contributed by atoms with van der Waals surface area (Å²) >= 11 is 0. The van der Waals surface area contributed by atoms with Crippen LogP contribution in [0.25, 0.3) is 0 Å². The Morgan fingerprint density at radius 2 is 2.12 bits per heavy atom. The predicted octanol–water partition coefficient (Wildman–Crippen LogP) is 2.11. The van der Waals surface area contributed by atoms with E-state index in [9.17, 15) is 9.90 Å². The molecule has 1 aromatic rings. The third kappa shape index (κ3) is 6.46. The van der Waals surface area contributed by atoms with Crippen molar-refractivity contribution < 1.29 is 14.6 Å². The van der Waals surface area contributed by atoms with Crippen LogP contribution in [0.2, 0.25) is 0 Å². The SMILES string of the molecule is CCNC(=NCCc1cccc(O)c1)NC1CCN(C(=O)OCC)CC1. The van der Waals surface area contributed by atoms with E-state index in [1.165, 1.54) is 0 Å². The summed E-state index contributed by atoms with van der Waals surface area (Å²) in [5.41, 5.74) is 1.06. The van der Waals surface area contributed by atoms with Crippen LogP contribution in [0.15, 0.2) is 29.3 Å². The van der Waals surface area contributed by atoms with E-state index in [1.807, 2.05) is 26.0 Å². The van der Waals surface area contributed by atoms with Crippen molar-refractivity contribution in [3.8, 4) is 5.75 Å². The van der Waals surface area contributed by atoms with Gasteiger partial charge in [-0.3, -0.25) is 4.99 Å². The Kier molecular flexibility index (Phi) is 8.05. The molecular weight excluding hydrogens is 332 g/mol. The lowest BCUT2D eigenvalue weighted by molar-refractivity contribution is 0.0963. The van der Waals surface area contributed by atoms with Crippen molar-refractivity contribution >= 4 is 12.1 Å². The van der Waals surface area contributed by atoms with Gasteiger partial charge < -0.3 is 25.4 Å². The fourth-order valence-corrected chi connectivity index (χ4v) is 2.94. The van der Waals surface area contributed by atoms with Gasteiger partial charge in [-0.1, -0.05) is 12.1 Å². The van der Waals surface area contributed by atoms with Gasteiger partial charge in [0.25, 0.3) is 0 Å². The summed E-state index contributed by atoms with van der Waals surface area (Å²) in [6, 6.07) is 7.55. The summed E-state index contributed by atoms with van der Waals surface area (Å²) in [6.07, 6.45) is 2.29. The standard InChI is InChI=1S/C19H30N4O3/c1-3-20-18(21-11-8-15-6-5-7-17(24)14-15)22-16-9-12-23(13-10-16)19(25)26-4-2/h5-7,14,16,24H,3-4,8-13H2,1-2H3,(H2,20,21,22). The van der Waals surface area contributed by atoms with Crippen LogP contribution in [0, 0.1) is 0 Å². The number of likely N-dealkylation sites (tertiary alicyclic amines) is 1. The maximum absolute atomic E-state index is 11.8. The van der Waals surface area contributed by atoms with E-state index in [2.05, 4.69) is 15.6 Å². The van der Waals surface area contributed by atoms with Crippen LogP contribution >= 0.6 is 0 Å². The molecule has 144 valence electrons. The molecule has 0 bridgehead atoms. The molecule has 0 unspecified atom stereocenters. The number of carbonyl (C=O) groups is 1. The highest BCUT2D eigenvalue weighted by atomic mass is 16.6. The number of rotatable bonds is 6. The van der Waals surface area contributed by atoms with Gasteiger partial charge in [0, 0.05) is 32.2 Å². The average Bonchev–Trinajstić information content (AvgIpc) is 2.63. The summed E-state index contributed by atoms with van der Waals surface area (Å²) in [7, 11) is 0. The fourth-order valence-electron chi connectivity index (χ4n) is 2.94. The minimum Gasteiger partial charge on any atom is -0.508 e. The number of phenols is 1. The fraction of sp³-hybridized carbons (Fsp3) is 0.579. The van der Waals surface area contributed by atoms with E-state index < -0.39 is 0 Å². The first-order chi connectivity index (χ1) is 12.6. The lowest BCUT2D eigenvalue weighted by atomic mass is 10.1. The van der Waals surface area contributed by atoms with E-state index in [4.69, 9.17) is 4.74 Å². The molecule has 1 saturated heterocycles. The first-order valence-electron chi connectivity index (χ1n) is 9.36. The molecule has 1 aliphatic heterocycles. The normalized spacial score (nSPS) is 15.6. The van der Waals surface area contributed by atoms with Crippen LogP contribution in [0.4, 0.5) is 4.79 Å². The molecule has 1 amide bonds. The van der Waals surface area contributed by atoms with Gasteiger partial charge in [0.15, 0.2) is 5.96 Å². The van der Waals surface area contributed by atoms with Crippen molar-refractivity contribution in [2.75, 3.05) is 32.8 Å². The molecule has 0 saturated carbocycles. The minimum absolute atomic E-state index is 0.224. The Morgan fingerprint density at radius 1 is 1.35 bits per heavy atom. The van der Waals surface area contributed by atoms with Crippen molar-refractivity contribution in [1.82, 2.24) is 15.5 Å². The summed E-state index contributed by atoms with van der Waals surface area (Å²) in [6.45, 7) is 7.09. The number of hydrogen-bond donors (Lipinski definition) is 3. The van der Waals surface area contributed by atoms with Gasteiger partial charge in [0.2, 0.25) is 0 Å². The smallest absolute Gasteiger partial charge is 0.409 e. The lowest BCUT2D eigenvalue weighted by Gasteiger charge is -2.32. The van der Waals surface area contributed by atoms with E-state index in [-0.39, 0.29) is 11.8 Å². The van der Waals surface area contributed by atoms with Crippen molar-refractivity contribution in [1.29, 1.82) is 0 Å². The minimum atomic E-state index is -0.224. The van der Waals surface area contributed by atoms with Gasteiger partial charge in [-0.15, -0.1) is 0 Å². The number of benzene rings is 1. The molecule has 1 aromatic carbocycles. The number of piperidine rings is 1. The van der Waals surface area contributed by atoms with Gasteiger partial charge in [-0.05, 0) is 50.8 Å². The van der Waals surface area contributed by atoms with E-state index in [0.717, 1.165) is 37.3 Å². The second kappa shape index (κ2) is 10.5. The van der Waals surface area contributed by atoms with Crippen molar-refractivity contribution in [3.05, 3.63) is 29.8 Å². The first-order valence-corrected chi connectivity index (χ1v) is 9.36. The highest BCUT2D eigenvalue weighted by Crippen LogP contribution is 2.12. The second-order valence-electron chi connectivity index (χ2n) is 6.29. The number of aliphatic imine (C=N–C) groups is 1. The van der Waals surface area contributed by atoms with Gasteiger partial charge in [-0.25, -0.2) is 4.79 Å². The van der Waals surface area contributed by atoms with Gasteiger partial charge in [0.05, 0.1) is 6.61 Å². The molecule has 0 atom stereocenters. The summed E-state index contributed by atoms with van der Waals surface area (Å²) < 4.78 is 5.05. The zero-order valence-electron chi connectivity index (χ0n) is 15.7. The number of carbonyl (C=O) groups excluding carboxylic acids is 1. The summed E-state index contributed by atoms with van der Waals surface area (Å²) in [4.78, 5) is 18.1. The van der Waals surface area contributed by atoms with Crippen LogP contribution in [0.1, 0.15) is 32.3 Å². The third-order valence-corrected chi connectivity index (χ3v) is 4.29. The molecule has 0 aromatic heterocycles. The Bertz CT molecular complexity index is 598. The number of amides is 1. The highest BCUT2D eigenvalue weighted by molar-refractivity contribution is 5.80. The molecule has 0 radical (unpaired) electrons. The van der Waals surface area contributed by atoms with E-state index >= 15 is 0 Å². The number of phenolic OH excluding ortho intramolecular Hbond substituents is 1. The van der Waals surface area contributed by atoms with Gasteiger partial charge in [0.1, 0.15) is 5.75 Å². The maximum Gasteiger partial charge on any atom is 0.409 e. The molecular formula is C19H30N4O3. The van der Waals surface area contributed by atoms with Crippen LogP contribution in [0.3, 0.4) is 0 Å². The van der Waals surface area contributed by atoms with Crippen LogP contribution in [0.5, 0.6) is 5.75 Å². The molecule has 0 spiro atoms. The molecule has 0 aliphatic carbocycles. The van der Waals surface area contributed by atoms with Crippen LogP contribution in [-0.4, -0.2) is 60.9 Å². The Balaban J connectivity index is 1.81. The molecule has 26 heavy (non-hydrogen) atoms. The monoisotopic (exact) mass is 362 g/mol. The molecule has 3 N–H and O–H groups in total. The van der Waals surface area contributed by atoms with Gasteiger partial charge >= 0.3 is 6.09 Å².